The standard InChI is InChI=1S/C26H26ClFN6OS/c1-33-8-5-18(32-33)22-19(13-34-20-4-6-26(20)12-15(35)11-21(26)34)30-24(25-29-7-9-36-25)31-23(22)16-3-2-14(28)10-17(16)27/h2-3,5,7-10,15,20-21,23,35H,4,6,11-13H2,1H3,(H,30,31)/t15?,20?,21?,23-,26?/m0/s1. The number of piperidine rings is 1. The van der Waals surface area contributed by atoms with E-state index in [1.54, 1.807) is 16.9 Å². The fourth-order valence-corrected chi connectivity index (χ4v) is 7.76. The summed E-state index contributed by atoms with van der Waals surface area (Å²) >= 11 is 8.11. The van der Waals surface area contributed by atoms with Gasteiger partial charge in [0.1, 0.15) is 11.9 Å². The number of nitrogens with zero attached hydrogens (tertiary/aromatic N) is 5. The number of halogens is 2. The van der Waals surface area contributed by atoms with Crippen LogP contribution in [0.2, 0.25) is 5.02 Å². The van der Waals surface area contributed by atoms with Gasteiger partial charge in [0.2, 0.25) is 0 Å². The molecule has 1 spiro atoms. The molecule has 2 saturated carbocycles. The summed E-state index contributed by atoms with van der Waals surface area (Å²) in [5.74, 6) is 0.295. The molecule has 4 aliphatic rings. The van der Waals surface area contributed by atoms with Gasteiger partial charge in [-0.3, -0.25) is 14.6 Å². The molecule has 4 unspecified atom stereocenters. The van der Waals surface area contributed by atoms with Crippen LogP contribution in [0.25, 0.3) is 5.57 Å². The fraction of sp³-hybridized carbons (Fsp3) is 0.423. The second-order valence-electron chi connectivity index (χ2n) is 10.3. The molecule has 10 heteroatoms. The van der Waals surface area contributed by atoms with Crippen molar-refractivity contribution in [1.29, 1.82) is 0 Å². The van der Waals surface area contributed by atoms with Crippen LogP contribution in [0.15, 0.2) is 52.7 Å². The Labute approximate surface area is 217 Å². The van der Waals surface area contributed by atoms with Gasteiger partial charge in [0.05, 0.1) is 11.8 Å². The number of benzene rings is 1. The zero-order valence-corrected chi connectivity index (χ0v) is 21.3. The lowest BCUT2D eigenvalue weighted by molar-refractivity contribution is -0.184. The average molecular weight is 525 g/mol. The lowest BCUT2D eigenvalue weighted by Crippen LogP contribution is -2.75. The maximum absolute atomic E-state index is 14.0. The van der Waals surface area contributed by atoms with Crippen molar-refractivity contribution >= 4 is 34.3 Å². The first-order valence-corrected chi connectivity index (χ1v) is 13.6. The molecule has 1 saturated heterocycles. The number of hydrogen-bond donors (Lipinski definition) is 2. The SMILES string of the molecule is Cn1ccc(C2=C(CN3C4CCC45CC(O)CC35)NC(c3nccs3)=N[C@H]2c2ccc(F)cc2Cl)n1. The molecule has 186 valence electrons. The average Bonchev–Trinajstić information content (AvgIpc) is 3.58. The summed E-state index contributed by atoms with van der Waals surface area (Å²) in [6, 6.07) is 6.87. The summed E-state index contributed by atoms with van der Waals surface area (Å²) < 4.78 is 15.8. The van der Waals surface area contributed by atoms with E-state index < -0.39 is 6.04 Å². The monoisotopic (exact) mass is 524 g/mol. The van der Waals surface area contributed by atoms with Crippen molar-refractivity contribution in [1.82, 2.24) is 25.0 Å². The number of hydrogen-bond acceptors (Lipinski definition) is 7. The minimum atomic E-state index is -0.468. The third kappa shape index (κ3) is 3.33. The molecule has 0 radical (unpaired) electrons. The van der Waals surface area contributed by atoms with Crippen molar-refractivity contribution in [2.75, 3.05) is 6.54 Å². The molecule has 7 rings (SSSR count). The number of amidine groups is 1. The Morgan fingerprint density at radius 3 is 2.89 bits per heavy atom. The molecule has 4 heterocycles. The van der Waals surface area contributed by atoms with Gasteiger partial charge < -0.3 is 10.4 Å². The number of likely N-dealkylation sites (tertiary alicyclic amines) is 1. The highest BCUT2D eigenvalue weighted by molar-refractivity contribution is 7.11. The number of nitrogens with one attached hydrogen (secondary N) is 1. The number of aliphatic imine (C=N–C) groups is 1. The van der Waals surface area contributed by atoms with Crippen LogP contribution in [-0.2, 0) is 7.05 Å². The number of aryl methyl sites for hydroxylation is 1. The summed E-state index contributed by atoms with van der Waals surface area (Å²) in [4.78, 5) is 12.1. The van der Waals surface area contributed by atoms with Crippen LogP contribution in [0, 0.1) is 11.2 Å². The Morgan fingerprint density at radius 1 is 1.31 bits per heavy atom. The quantitative estimate of drug-likeness (QED) is 0.524. The summed E-state index contributed by atoms with van der Waals surface area (Å²) in [7, 11) is 1.89. The van der Waals surface area contributed by atoms with Crippen molar-refractivity contribution in [3.8, 4) is 0 Å². The van der Waals surface area contributed by atoms with Gasteiger partial charge in [-0.25, -0.2) is 9.37 Å². The van der Waals surface area contributed by atoms with Crippen molar-refractivity contribution < 1.29 is 9.50 Å². The van der Waals surface area contributed by atoms with Gasteiger partial charge in [0.25, 0.3) is 0 Å². The zero-order chi connectivity index (χ0) is 24.6. The highest BCUT2D eigenvalue weighted by atomic mass is 35.5. The summed E-state index contributed by atoms with van der Waals surface area (Å²) in [5.41, 5.74) is 3.75. The minimum absolute atomic E-state index is 0.218. The molecule has 3 aromatic rings. The molecular weight excluding hydrogens is 499 g/mol. The second kappa shape index (κ2) is 8.21. The number of aliphatic hydroxyl groups is 1. The molecule has 2 aromatic heterocycles. The smallest absolute Gasteiger partial charge is 0.163 e. The highest BCUT2D eigenvalue weighted by Gasteiger charge is 2.68. The number of rotatable bonds is 5. The third-order valence-corrected chi connectivity index (χ3v) is 9.58. The molecule has 36 heavy (non-hydrogen) atoms. The first kappa shape index (κ1) is 22.6. The predicted octanol–water partition coefficient (Wildman–Crippen LogP) is 4.16. The van der Waals surface area contributed by atoms with Crippen molar-refractivity contribution in [3.63, 3.8) is 0 Å². The van der Waals surface area contributed by atoms with E-state index in [1.807, 2.05) is 24.7 Å². The van der Waals surface area contributed by atoms with E-state index in [1.165, 1.54) is 29.9 Å². The predicted molar refractivity (Wildman–Crippen MR) is 137 cm³/mol. The minimum Gasteiger partial charge on any atom is -0.393 e. The van der Waals surface area contributed by atoms with E-state index in [-0.39, 0.29) is 17.3 Å². The number of aliphatic hydroxyl groups excluding tert-OH is 1. The van der Waals surface area contributed by atoms with E-state index in [2.05, 4.69) is 15.2 Å². The summed E-state index contributed by atoms with van der Waals surface area (Å²) in [6.07, 6.45) is 7.56. The molecule has 3 fully saturated rings. The van der Waals surface area contributed by atoms with Crippen LogP contribution in [-0.4, -0.2) is 55.3 Å². The fourth-order valence-electron chi connectivity index (χ4n) is 6.90. The molecular formula is C26H26ClFN6OS. The summed E-state index contributed by atoms with van der Waals surface area (Å²) in [5, 5.41) is 21.8. The maximum Gasteiger partial charge on any atom is 0.163 e. The normalized spacial score (nSPS) is 31.3. The number of thiazole rings is 1. The third-order valence-electron chi connectivity index (χ3n) is 8.47. The molecule has 0 bridgehead atoms. The largest absolute Gasteiger partial charge is 0.393 e. The van der Waals surface area contributed by atoms with E-state index in [0.717, 1.165) is 46.8 Å². The first-order chi connectivity index (χ1) is 17.4. The molecule has 5 atom stereocenters. The second-order valence-corrected chi connectivity index (χ2v) is 11.6. The van der Waals surface area contributed by atoms with Crippen molar-refractivity contribution in [3.05, 3.63) is 74.8 Å². The molecule has 2 aliphatic carbocycles. The van der Waals surface area contributed by atoms with Gasteiger partial charge >= 0.3 is 0 Å². The number of aromatic nitrogens is 3. The maximum atomic E-state index is 14.0. The van der Waals surface area contributed by atoms with Crippen LogP contribution < -0.4 is 5.32 Å². The van der Waals surface area contributed by atoms with Crippen molar-refractivity contribution in [2.45, 2.75) is 49.9 Å². The van der Waals surface area contributed by atoms with E-state index in [4.69, 9.17) is 21.7 Å². The van der Waals surface area contributed by atoms with Crippen LogP contribution in [0.3, 0.4) is 0 Å². The Bertz CT molecular complexity index is 1400. The Kier molecular flexibility index (Phi) is 5.15. The molecule has 0 amide bonds. The van der Waals surface area contributed by atoms with Gasteiger partial charge in [0.15, 0.2) is 10.8 Å². The lowest BCUT2D eigenvalue weighted by atomic mass is 9.53. The van der Waals surface area contributed by atoms with Crippen LogP contribution in [0.1, 0.15) is 48.0 Å². The van der Waals surface area contributed by atoms with E-state index >= 15 is 0 Å². The van der Waals surface area contributed by atoms with E-state index in [0.29, 0.717) is 29.5 Å². The Balaban J connectivity index is 1.35. The molecule has 2 aliphatic heterocycles. The van der Waals surface area contributed by atoms with Gasteiger partial charge in [0, 0.05) is 70.7 Å². The zero-order valence-electron chi connectivity index (χ0n) is 19.7. The topological polar surface area (TPSA) is 78.6 Å². The van der Waals surface area contributed by atoms with Gasteiger partial charge in [-0.2, -0.15) is 5.10 Å². The lowest BCUT2D eigenvalue weighted by Gasteiger charge is -2.68. The molecule has 2 N–H and O–H groups in total. The van der Waals surface area contributed by atoms with Crippen molar-refractivity contribution in [2.24, 2.45) is 17.5 Å². The molecule has 1 aromatic carbocycles. The van der Waals surface area contributed by atoms with Gasteiger partial charge in [-0.05, 0) is 43.9 Å². The molecule has 7 nitrogen and oxygen atoms in total. The van der Waals surface area contributed by atoms with Gasteiger partial charge in [-0.15, -0.1) is 11.3 Å². The van der Waals surface area contributed by atoms with Gasteiger partial charge in [-0.1, -0.05) is 17.7 Å². The van der Waals surface area contributed by atoms with Crippen LogP contribution >= 0.6 is 22.9 Å². The van der Waals surface area contributed by atoms with Crippen LogP contribution in [0.5, 0.6) is 0 Å². The Hall–Kier alpha value is -2.59. The highest BCUT2D eigenvalue weighted by Crippen LogP contribution is 2.65. The summed E-state index contributed by atoms with van der Waals surface area (Å²) in [6.45, 7) is 0.690. The first-order valence-electron chi connectivity index (χ1n) is 12.3. The Morgan fingerprint density at radius 2 is 2.19 bits per heavy atom. The van der Waals surface area contributed by atoms with E-state index in [9.17, 15) is 9.50 Å². The van der Waals surface area contributed by atoms with Crippen LogP contribution in [0.4, 0.5) is 4.39 Å².